The summed E-state index contributed by atoms with van der Waals surface area (Å²) in [4.78, 5) is 0. The number of alkyl halides is 2. The third-order valence-corrected chi connectivity index (χ3v) is 2.31. The lowest BCUT2D eigenvalue weighted by Crippen LogP contribution is -1.95. The molecule has 0 amide bonds. The van der Waals surface area contributed by atoms with Crippen LogP contribution in [-0.4, -0.2) is 10.2 Å². The van der Waals surface area contributed by atoms with E-state index >= 15 is 0 Å². The molecule has 78 valence electrons. The molecule has 0 aliphatic carbocycles. The van der Waals surface area contributed by atoms with Crippen molar-refractivity contribution < 1.29 is 13.2 Å². The first-order chi connectivity index (χ1) is 7.08. The number of hydrogen-bond acceptors (Lipinski definition) is 2. The lowest BCUT2D eigenvalue weighted by atomic mass is 10.2. The van der Waals surface area contributed by atoms with Gasteiger partial charge in [-0.2, -0.15) is 0 Å². The molecule has 0 saturated carbocycles. The summed E-state index contributed by atoms with van der Waals surface area (Å²) in [5.74, 6) is -0.590. The Morgan fingerprint density at radius 2 is 1.87 bits per heavy atom. The van der Waals surface area contributed by atoms with Crippen LogP contribution in [0.1, 0.15) is 12.1 Å². The fraction of sp³-hybridized carbons (Fsp3) is 0.111. The first-order valence-corrected chi connectivity index (χ1v) is 4.78. The van der Waals surface area contributed by atoms with Gasteiger partial charge in [0.1, 0.15) is 11.2 Å². The molecular formula is C9H4BrF3N2. The summed E-state index contributed by atoms with van der Waals surface area (Å²) in [6.45, 7) is 0. The highest BCUT2D eigenvalue weighted by Gasteiger charge is 2.12. The van der Waals surface area contributed by atoms with E-state index in [1.54, 1.807) is 0 Å². The van der Waals surface area contributed by atoms with Gasteiger partial charge in [-0.05, 0) is 18.2 Å². The fourth-order valence-electron chi connectivity index (χ4n) is 1.20. The molecule has 1 aromatic carbocycles. The van der Waals surface area contributed by atoms with Crippen LogP contribution < -0.4 is 0 Å². The van der Waals surface area contributed by atoms with E-state index in [2.05, 4.69) is 26.1 Å². The van der Waals surface area contributed by atoms with Crippen LogP contribution in [0, 0.1) is 5.82 Å². The fourth-order valence-corrected chi connectivity index (χ4v) is 1.65. The number of nitrogens with zero attached hydrogens (tertiary/aromatic N) is 2. The Hall–Kier alpha value is -1.17. The molecule has 0 radical (unpaired) electrons. The third-order valence-electron chi connectivity index (χ3n) is 1.85. The highest BCUT2D eigenvalue weighted by molar-refractivity contribution is 9.10. The maximum atomic E-state index is 13.3. The van der Waals surface area contributed by atoms with E-state index in [-0.39, 0.29) is 5.52 Å². The number of benzene rings is 1. The van der Waals surface area contributed by atoms with Crippen LogP contribution in [0.3, 0.4) is 0 Å². The number of rotatable bonds is 1. The summed E-state index contributed by atoms with van der Waals surface area (Å²) in [7, 11) is 0. The molecule has 2 nitrogen and oxygen atoms in total. The highest BCUT2D eigenvalue weighted by atomic mass is 79.9. The number of fused-ring (bicyclic) bond motifs is 1. The topological polar surface area (TPSA) is 25.8 Å². The van der Waals surface area contributed by atoms with Gasteiger partial charge in [0.25, 0.3) is 6.43 Å². The number of hydrogen-bond donors (Lipinski definition) is 0. The van der Waals surface area contributed by atoms with Crippen molar-refractivity contribution in [2.24, 2.45) is 0 Å². The van der Waals surface area contributed by atoms with Gasteiger partial charge in [0.05, 0.1) is 0 Å². The number of halogens is 4. The Morgan fingerprint density at radius 1 is 1.13 bits per heavy atom. The van der Waals surface area contributed by atoms with Crippen molar-refractivity contribution >= 4 is 26.8 Å². The Bertz CT molecular complexity index is 516. The predicted molar refractivity (Wildman–Crippen MR) is 52.2 cm³/mol. The zero-order valence-electron chi connectivity index (χ0n) is 7.22. The molecule has 0 fully saturated rings. The van der Waals surface area contributed by atoms with Gasteiger partial charge in [0.2, 0.25) is 0 Å². The first-order valence-electron chi connectivity index (χ1n) is 3.98. The molecule has 1 aromatic heterocycles. The van der Waals surface area contributed by atoms with Gasteiger partial charge in [0, 0.05) is 9.86 Å². The summed E-state index contributed by atoms with van der Waals surface area (Å²) in [5, 5.41) is 6.96. The van der Waals surface area contributed by atoms with Crippen molar-refractivity contribution in [3.05, 3.63) is 34.2 Å². The molecule has 0 unspecified atom stereocenters. The lowest BCUT2D eigenvalue weighted by Gasteiger charge is -2.02. The monoisotopic (exact) mass is 276 g/mol. The summed E-state index contributed by atoms with van der Waals surface area (Å²) >= 11 is 3.07. The predicted octanol–water partition coefficient (Wildman–Crippen LogP) is 3.47. The van der Waals surface area contributed by atoms with Gasteiger partial charge in [-0.25, -0.2) is 13.2 Å². The average Bonchev–Trinajstić information content (AvgIpc) is 2.16. The summed E-state index contributed by atoms with van der Waals surface area (Å²) in [6.07, 6.45) is -2.70. The van der Waals surface area contributed by atoms with Crippen LogP contribution in [0.2, 0.25) is 0 Å². The van der Waals surface area contributed by atoms with Crippen molar-refractivity contribution in [2.75, 3.05) is 0 Å². The molecule has 0 spiro atoms. The SMILES string of the molecule is Fc1cc(Br)cc2cc(C(F)F)nnc12. The van der Waals surface area contributed by atoms with Gasteiger partial charge < -0.3 is 0 Å². The van der Waals surface area contributed by atoms with Crippen LogP contribution in [0.4, 0.5) is 13.2 Å². The molecule has 0 bridgehead atoms. The molecule has 0 aliphatic heterocycles. The van der Waals surface area contributed by atoms with E-state index in [4.69, 9.17) is 0 Å². The molecule has 15 heavy (non-hydrogen) atoms. The van der Waals surface area contributed by atoms with Crippen molar-refractivity contribution in [3.63, 3.8) is 0 Å². The van der Waals surface area contributed by atoms with E-state index in [0.717, 1.165) is 6.07 Å². The third kappa shape index (κ3) is 1.94. The second-order valence-corrected chi connectivity index (χ2v) is 3.81. The van der Waals surface area contributed by atoms with Crippen LogP contribution in [0.5, 0.6) is 0 Å². The second kappa shape index (κ2) is 3.77. The molecule has 0 atom stereocenters. The Labute approximate surface area is 91.2 Å². The van der Waals surface area contributed by atoms with E-state index in [1.807, 2.05) is 0 Å². The molecule has 0 saturated heterocycles. The van der Waals surface area contributed by atoms with Crippen LogP contribution >= 0.6 is 15.9 Å². The van der Waals surface area contributed by atoms with Gasteiger partial charge in [-0.3, -0.25) is 0 Å². The average molecular weight is 277 g/mol. The Morgan fingerprint density at radius 3 is 2.53 bits per heavy atom. The summed E-state index contributed by atoms with van der Waals surface area (Å²) in [5.41, 5.74) is -0.470. The van der Waals surface area contributed by atoms with Crippen molar-refractivity contribution in [2.45, 2.75) is 6.43 Å². The molecular weight excluding hydrogens is 273 g/mol. The van der Waals surface area contributed by atoms with E-state index in [1.165, 1.54) is 12.1 Å². The molecule has 0 aliphatic rings. The first kappa shape index (κ1) is 10.4. The Balaban J connectivity index is 2.71. The molecule has 1 heterocycles. The van der Waals surface area contributed by atoms with Gasteiger partial charge >= 0.3 is 0 Å². The maximum Gasteiger partial charge on any atom is 0.282 e. The second-order valence-electron chi connectivity index (χ2n) is 2.90. The van der Waals surface area contributed by atoms with Crippen molar-refractivity contribution in [1.82, 2.24) is 10.2 Å². The normalized spacial score (nSPS) is 11.3. The zero-order valence-corrected chi connectivity index (χ0v) is 8.80. The van der Waals surface area contributed by atoms with Crippen LogP contribution in [0.25, 0.3) is 10.9 Å². The minimum Gasteiger partial charge on any atom is -0.204 e. The summed E-state index contributed by atoms with van der Waals surface area (Å²) in [6, 6.07) is 3.85. The van der Waals surface area contributed by atoms with Gasteiger partial charge in [-0.15, -0.1) is 10.2 Å². The maximum absolute atomic E-state index is 13.3. The van der Waals surface area contributed by atoms with Gasteiger partial charge in [0.15, 0.2) is 5.82 Å². The van der Waals surface area contributed by atoms with Crippen LogP contribution in [0.15, 0.2) is 22.7 Å². The molecule has 2 aromatic rings. The quantitative estimate of drug-likeness (QED) is 0.797. The minimum atomic E-state index is -2.70. The van der Waals surface area contributed by atoms with Crippen molar-refractivity contribution in [3.8, 4) is 0 Å². The smallest absolute Gasteiger partial charge is 0.204 e. The molecule has 2 rings (SSSR count). The molecule has 0 N–H and O–H groups in total. The minimum absolute atomic E-state index is 0.0115. The Kier molecular flexibility index (Phi) is 2.60. The largest absolute Gasteiger partial charge is 0.282 e. The van der Waals surface area contributed by atoms with Crippen molar-refractivity contribution in [1.29, 1.82) is 0 Å². The van der Waals surface area contributed by atoms with Gasteiger partial charge in [-0.1, -0.05) is 15.9 Å². The van der Waals surface area contributed by atoms with E-state index in [0.29, 0.717) is 9.86 Å². The highest BCUT2D eigenvalue weighted by Crippen LogP contribution is 2.24. The summed E-state index contributed by atoms with van der Waals surface area (Å²) < 4.78 is 38.3. The lowest BCUT2D eigenvalue weighted by molar-refractivity contribution is 0.145. The zero-order chi connectivity index (χ0) is 11.0. The van der Waals surface area contributed by atoms with E-state index in [9.17, 15) is 13.2 Å². The standard InChI is InChI=1S/C9H4BrF3N2/c10-5-1-4-2-7(9(12)13)14-15-8(4)6(11)3-5/h1-3,9H. The molecule has 6 heteroatoms. The van der Waals surface area contributed by atoms with E-state index < -0.39 is 17.9 Å². The van der Waals surface area contributed by atoms with Crippen LogP contribution in [-0.2, 0) is 0 Å². The number of aromatic nitrogens is 2.